The lowest BCUT2D eigenvalue weighted by atomic mass is 10.1. The third kappa shape index (κ3) is 5.52. The molecule has 0 radical (unpaired) electrons. The maximum atomic E-state index is 13.2. The fourth-order valence-corrected chi connectivity index (χ4v) is 6.10. The summed E-state index contributed by atoms with van der Waals surface area (Å²) >= 11 is 0. The van der Waals surface area contributed by atoms with Gasteiger partial charge in [0.05, 0.1) is 35.9 Å². The van der Waals surface area contributed by atoms with Crippen LogP contribution in [0.5, 0.6) is 0 Å². The maximum Gasteiger partial charge on any atom is 0.339 e. The Kier molecular flexibility index (Phi) is 8.22. The fourth-order valence-electron chi connectivity index (χ4n) is 3.12. The van der Waals surface area contributed by atoms with Crippen LogP contribution in [0.15, 0.2) is 46.2 Å². The number of anilines is 1. The van der Waals surface area contributed by atoms with Crippen LogP contribution >= 0.6 is 0 Å². The zero-order valence-corrected chi connectivity index (χ0v) is 20.5. The van der Waals surface area contributed by atoms with Crippen molar-refractivity contribution in [2.24, 2.45) is 0 Å². The van der Waals surface area contributed by atoms with Gasteiger partial charge in [-0.1, -0.05) is 19.9 Å². The SMILES string of the molecule is CCN(CC)S(=O)(=O)c1cc(NS(=O)(=O)c2cc(C(=O)OC)ccc2C(=O)OC)ccc1C. The first-order valence-electron chi connectivity index (χ1n) is 9.87. The number of benzene rings is 2. The largest absolute Gasteiger partial charge is 0.465 e. The number of carbonyl (C=O) groups excluding carboxylic acids is 2. The molecule has 10 nitrogen and oxygen atoms in total. The molecule has 0 aromatic heterocycles. The summed E-state index contributed by atoms with van der Waals surface area (Å²) in [5.41, 5.74) is -0.00149. The number of aryl methyl sites for hydroxylation is 1. The second kappa shape index (κ2) is 10.3. The Hall–Kier alpha value is -2.96. The molecule has 2 aromatic rings. The number of nitrogens with one attached hydrogen (secondary N) is 1. The van der Waals surface area contributed by atoms with Gasteiger partial charge >= 0.3 is 11.9 Å². The Morgan fingerprint density at radius 2 is 1.48 bits per heavy atom. The van der Waals surface area contributed by atoms with Gasteiger partial charge in [0.1, 0.15) is 4.90 Å². The summed E-state index contributed by atoms with van der Waals surface area (Å²) in [4.78, 5) is 23.5. The number of hydrogen-bond donors (Lipinski definition) is 1. The third-order valence-electron chi connectivity index (χ3n) is 4.86. The van der Waals surface area contributed by atoms with Crippen molar-refractivity contribution in [1.82, 2.24) is 4.31 Å². The molecule has 0 fully saturated rings. The average molecular weight is 499 g/mol. The quantitative estimate of drug-likeness (QED) is 0.521. The summed E-state index contributed by atoms with van der Waals surface area (Å²) < 4.78 is 65.1. The molecule has 2 rings (SSSR count). The number of sulfonamides is 2. The molecule has 33 heavy (non-hydrogen) atoms. The summed E-state index contributed by atoms with van der Waals surface area (Å²) in [5, 5.41) is 0. The van der Waals surface area contributed by atoms with Crippen molar-refractivity contribution in [2.45, 2.75) is 30.6 Å². The highest BCUT2D eigenvalue weighted by atomic mass is 32.2. The van der Waals surface area contributed by atoms with Gasteiger partial charge in [0.25, 0.3) is 10.0 Å². The summed E-state index contributed by atoms with van der Waals surface area (Å²) in [7, 11) is -6.08. The minimum absolute atomic E-state index is 0.0365. The fraction of sp³-hybridized carbons (Fsp3) is 0.333. The van der Waals surface area contributed by atoms with Gasteiger partial charge in [-0.05, 0) is 42.8 Å². The average Bonchev–Trinajstić information content (AvgIpc) is 2.79. The van der Waals surface area contributed by atoms with E-state index in [1.165, 1.54) is 28.6 Å². The Bertz CT molecular complexity index is 1270. The first kappa shape index (κ1) is 26.3. The van der Waals surface area contributed by atoms with E-state index in [0.717, 1.165) is 26.4 Å². The first-order chi connectivity index (χ1) is 15.4. The van der Waals surface area contributed by atoms with Crippen LogP contribution in [0.1, 0.15) is 40.1 Å². The van der Waals surface area contributed by atoms with Gasteiger partial charge in [0.15, 0.2) is 0 Å². The smallest absolute Gasteiger partial charge is 0.339 e. The lowest BCUT2D eigenvalue weighted by Gasteiger charge is -2.20. The van der Waals surface area contributed by atoms with E-state index in [-0.39, 0.29) is 34.8 Å². The molecule has 0 atom stereocenters. The second-order valence-corrected chi connectivity index (χ2v) is 10.4. The van der Waals surface area contributed by atoms with E-state index in [0.29, 0.717) is 5.56 Å². The van der Waals surface area contributed by atoms with E-state index in [4.69, 9.17) is 0 Å². The number of ether oxygens (including phenoxy) is 2. The number of esters is 2. The van der Waals surface area contributed by atoms with Crippen LogP contribution in [-0.4, -0.2) is 60.4 Å². The first-order valence-corrected chi connectivity index (χ1v) is 12.8. The van der Waals surface area contributed by atoms with Crippen LogP contribution in [0.4, 0.5) is 5.69 Å². The van der Waals surface area contributed by atoms with Crippen LogP contribution in [0.3, 0.4) is 0 Å². The van der Waals surface area contributed by atoms with Gasteiger partial charge in [-0.15, -0.1) is 0 Å². The molecule has 0 saturated carbocycles. The molecule has 2 aromatic carbocycles. The van der Waals surface area contributed by atoms with E-state index in [1.54, 1.807) is 20.8 Å². The zero-order chi connectivity index (χ0) is 25.0. The normalized spacial score (nSPS) is 11.8. The van der Waals surface area contributed by atoms with Gasteiger partial charge < -0.3 is 9.47 Å². The van der Waals surface area contributed by atoms with Crippen LogP contribution in [0.25, 0.3) is 0 Å². The van der Waals surface area contributed by atoms with Crippen LogP contribution < -0.4 is 4.72 Å². The van der Waals surface area contributed by atoms with Crippen molar-refractivity contribution >= 4 is 37.7 Å². The second-order valence-electron chi connectivity index (χ2n) is 6.87. The van der Waals surface area contributed by atoms with Gasteiger partial charge in [-0.3, -0.25) is 4.72 Å². The van der Waals surface area contributed by atoms with E-state index < -0.39 is 36.9 Å². The lowest BCUT2D eigenvalue weighted by Crippen LogP contribution is -2.31. The van der Waals surface area contributed by atoms with Crippen molar-refractivity contribution in [3.63, 3.8) is 0 Å². The molecule has 0 bridgehead atoms. The predicted octanol–water partition coefficient (Wildman–Crippen LogP) is 2.40. The maximum absolute atomic E-state index is 13.2. The molecule has 180 valence electrons. The molecular weight excluding hydrogens is 472 g/mol. The Labute approximate surface area is 193 Å². The van der Waals surface area contributed by atoms with E-state index >= 15 is 0 Å². The highest BCUT2D eigenvalue weighted by Gasteiger charge is 2.27. The number of rotatable bonds is 9. The molecule has 0 aliphatic carbocycles. The predicted molar refractivity (Wildman–Crippen MR) is 121 cm³/mol. The van der Waals surface area contributed by atoms with E-state index in [2.05, 4.69) is 14.2 Å². The zero-order valence-electron chi connectivity index (χ0n) is 18.9. The van der Waals surface area contributed by atoms with Gasteiger partial charge in [-0.2, -0.15) is 4.31 Å². The highest BCUT2D eigenvalue weighted by Crippen LogP contribution is 2.27. The molecule has 0 spiro atoms. The standard InChI is InChI=1S/C21H26N2O8S2/c1-6-23(7-2)33(28,29)18-13-16(10-8-14(18)3)22-32(26,27)19-12-15(20(24)30-4)9-11-17(19)21(25)31-5/h8-13,22H,6-7H2,1-5H3. The number of methoxy groups -OCH3 is 2. The number of nitrogens with zero attached hydrogens (tertiary/aromatic N) is 1. The van der Waals surface area contributed by atoms with Crippen molar-refractivity contribution < 1.29 is 35.9 Å². The third-order valence-corrected chi connectivity index (χ3v) is 8.47. The van der Waals surface area contributed by atoms with Crippen molar-refractivity contribution in [2.75, 3.05) is 32.0 Å². The Morgan fingerprint density at radius 3 is 2.03 bits per heavy atom. The van der Waals surface area contributed by atoms with Crippen LogP contribution in [0.2, 0.25) is 0 Å². The minimum atomic E-state index is -4.44. The van der Waals surface area contributed by atoms with Gasteiger partial charge in [-0.25, -0.2) is 26.4 Å². The number of carbonyl (C=O) groups is 2. The summed E-state index contributed by atoms with van der Waals surface area (Å²) in [6, 6.07) is 7.44. The monoisotopic (exact) mass is 498 g/mol. The summed E-state index contributed by atoms with van der Waals surface area (Å²) in [6.45, 7) is 5.50. The van der Waals surface area contributed by atoms with Crippen molar-refractivity contribution in [3.05, 3.63) is 53.1 Å². The molecule has 0 saturated heterocycles. The molecule has 0 heterocycles. The molecule has 0 amide bonds. The number of hydrogen-bond acceptors (Lipinski definition) is 8. The van der Waals surface area contributed by atoms with Gasteiger partial charge in [0.2, 0.25) is 10.0 Å². The van der Waals surface area contributed by atoms with E-state index in [9.17, 15) is 26.4 Å². The summed E-state index contributed by atoms with van der Waals surface area (Å²) in [5.74, 6) is -1.73. The van der Waals surface area contributed by atoms with E-state index in [1.807, 2.05) is 0 Å². The molecule has 1 N–H and O–H groups in total. The molecule has 0 unspecified atom stereocenters. The van der Waals surface area contributed by atoms with Crippen LogP contribution in [-0.2, 0) is 29.5 Å². The molecule has 0 aliphatic heterocycles. The molecular formula is C21H26N2O8S2. The Balaban J connectivity index is 2.60. The van der Waals surface area contributed by atoms with Crippen LogP contribution in [0, 0.1) is 6.92 Å². The summed E-state index contributed by atoms with van der Waals surface area (Å²) in [6.07, 6.45) is 0. The van der Waals surface area contributed by atoms with Crippen molar-refractivity contribution in [1.29, 1.82) is 0 Å². The van der Waals surface area contributed by atoms with Crippen molar-refractivity contribution in [3.8, 4) is 0 Å². The Morgan fingerprint density at radius 1 is 0.879 bits per heavy atom. The minimum Gasteiger partial charge on any atom is -0.465 e. The lowest BCUT2D eigenvalue weighted by molar-refractivity contribution is 0.0583. The molecule has 0 aliphatic rings. The van der Waals surface area contributed by atoms with Gasteiger partial charge in [0, 0.05) is 13.1 Å². The topological polar surface area (TPSA) is 136 Å². The molecule has 12 heteroatoms. The highest BCUT2D eigenvalue weighted by molar-refractivity contribution is 7.92.